The molecule has 0 aromatic heterocycles. The molecule has 84 valence electrons. The van der Waals surface area contributed by atoms with E-state index in [0.717, 1.165) is 6.04 Å². The van der Waals surface area contributed by atoms with Gasteiger partial charge in [-0.05, 0) is 40.0 Å². The SMILES string of the molecule is CCN(CCN(C)C)C1CCCNC1. The molecule has 0 radical (unpaired) electrons. The first-order valence-electron chi connectivity index (χ1n) is 5.83. The predicted molar refractivity (Wildman–Crippen MR) is 61.7 cm³/mol. The summed E-state index contributed by atoms with van der Waals surface area (Å²) in [5.74, 6) is 0. The van der Waals surface area contributed by atoms with E-state index in [-0.39, 0.29) is 0 Å². The lowest BCUT2D eigenvalue weighted by molar-refractivity contribution is 0.160. The van der Waals surface area contributed by atoms with Crippen LogP contribution in [0.4, 0.5) is 0 Å². The zero-order valence-corrected chi connectivity index (χ0v) is 9.92. The maximum Gasteiger partial charge on any atom is 0.0221 e. The minimum Gasteiger partial charge on any atom is -0.315 e. The van der Waals surface area contributed by atoms with Gasteiger partial charge in [0.1, 0.15) is 0 Å². The van der Waals surface area contributed by atoms with Crippen LogP contribution in [0, 0.1) is 0 Å². The van der Waals surface area contributed by atoms with Crippen LogP contribution in [0.2, 0.25) is 0 Å². The highest BCUT2D eigenvalue weighted by Crippen LogP contribution is 2.09. The molecule has 1 atom stereocenters. The molecular formula is C11H25N3. The normalized spacial score (nSPS) is 23.4. The molecule has 0 amide bonds. The lowest BCUT2D eigenvalue weighted by Crippen LogP contribution is -2.47. The van der Waals surface area contributed by atoms with Crippen molar-refractivity contribution in [3.05, 3.63) is 0 Å². The highest BCUT2D eigenvalue weighted by Gasteiger charge is 2.18. The van der Waals surface area contributed by atoms with Gasteiger partial charge < -0.3 is 10.2 Å². The Morgan fingerprint density at radius 1 is 1.29 bits per heavy atom. The average Bonchev–Trinajstić information content (AvgIpc) is 2.20. The van der Waals surface area contributed by atoms with Gasteiger partial charge in [0.15, 0.2) is 0 Å². The Balaban J connectivity index is 2.28. The Hall–Kier alpha value is -0.120. The highest BCUT2D eigenvalue weighted by atomic mass is 15.2. The van der Waals surface area contributed by atoms with Gasteiger partial charge >= 0.3 is 0 Å². The van der Waals surface area contributed by atoms with Crippen molar-refractivity contribution in [1.82, 2.24) is 15.1 Å². The van der Waals surface area contributed by atoms with Crippen molar-refractivity contribution in [2.75, 3.05) is 46.8 Å². The quantitative estimate of drug-likeness (QED) is 0.700. The third-order valence-corrected chi connectivity index (χ3v) is 3.03. The molecule has 1 aliphatic heterocycles. The Labute approximate surface area is 88.5 Å². The molecule has 0 aliphatic carbocycles. The van der Waals surface area contributed by atoms with Gasteiger partial charge in [-0.1, -0.05) is 6.92 Å². The second kappa shape index (κ2) is 6.38. The van der Waals surface area contributed by atoms with E-state index in [0.29, 0.717) is 0 Å². The van der Waals surface area contributed by atoms with Gasteiger partial charge in [0.25, 0.3) is 0 Å². The first-order valence-corrected chi connectivity index (χ1v) is 5.83. The van der Waals surface area contributed by atoms with Crippen LogP contribution in [-0.4, -0.2) is 62.7 Å². The van der Waals surface area contributed by atoms with Crippen LogP contribution >= 0.6 is 0 Å². The van der Waals surface area contributed by atoms with E-state index >= 15 is 0 Å². The van der Waals surface area contributed by atoms with Gasteiger partial charge in [0.05, 0.1) is 0 Å². The molecule has 1 aliphatic rings. The number of hydrogen-bond donors (Lipinski definition) is 1. The van der Waals surface area contributed by atoms with E-state index in [4.69, 9.17) is 0 Å². The summed E-state index contributed by atoms with van der Waals surface area (Å²) in [7, 11) is 4.29. The van der Waals surface area contributed by atoms with E-state index in [2.05, 4.69) is 36.1 Å². The van der Waals surface area contributed by atoms with Crippen molar-refractivity contribution in [2.24, 2.45) is 0 Å². The fraction of sp³-hybridized carbons (Fsp3) is 1.00. The first-order chi connectivity index (χ1) is 6.74. The van der Waals surface area contributed by atoms with E-state index in [9.17, 15) is 0 Å². The fourth-order valence-corrected chi connectivity index (χ4v) is 2.07. The van der Waals surface area contributed by atoms with E-state index in [1.807, 2.05) is 0 Å². The number of likely N-dealkylation sites (N-methyl/N-ethyl adjacent to an activating group) is 2. The van der Waals surface area contributed by atoms with Gasteiger partial charge in [0, 0.05) is 25.7 Å². The third kappa shape index (κ3) is 3.95. The molecule has 1 heterocycles. The van der Waals surface area contributed by atoms with Crippen LogP contribution in [0.15, 0.2) is 0 Å². The van der Waals surface area contributed by atoms with Gasteiger partial charge in [-0.3, -0.25) is 4.90 Å². The smallest absolute Gasteiger partial charge is 0.0221 e. The molecule has 0 bridgehead atoms. The minimum absolute atomic E-state index is 0.772. The summed E-state index contributed by atoms with van der Waals surface area (Å²) in [5.41, 5.74) is 0. The lowest BCUT2D eigenvalue weighted by Gasteiger charge is -2.34. The van der Waals surface area contributed by atoms with Gasteiger partial charge in [-0.15, -0.1) is 0 Å². The summed E-state index contributed by atoms with van der Waals surface area (Å²) in [6.45, 7) is 8.22. The number of piperidine rings is 1. The first kappa shape index (κ1) is 12.0. The van der Waals surface area contributed by atoms with Crippen molar-refractivity contribution >= 4 is 0 Å². The standard InChI is InChI=1S/C11H25N3/c1-4-14(9-8-13(2)3)11-6-5-7-12-10-11/h11-12H,4-10H2,1-3H3. The molecule has 0 aromatic carbocycles. The van der Waals surface area contributed by atoms with E-state index < -0.39 is 0 Å². The minimum atomic E-state index is 0.772. The third-order valence-electron chi connectivity index (χ3n) is 3.03. The summed E-state index contributed by atoms with van der Waals surface area (Å²) in [6.07, 6.45) is 2.71. The Morgan fingerprint density at radius 3 is 2.57 bits per heavy atom. The Morgan fingerprint density at radius 2 is 2.07 bits per heavy atom. The fourth-order valence-electron chi connectivity index (χ4n) is 2.07. The van der Waals surface area contributed by atoms with Crippen molar-refractivity contribution in [3.8, 4) is 0 Å². The molecule has 1 unspecified atom stereocenters. The molecule has 1 saturated heterocycles. The number of nitrogens with one attached hydrogen (secondary N) is 1. The van der Waals surface area contributed by atoms with Gasteiger partial charge in [-0.25, -0.2) is 0 Å². The molecule has 1 N–H and O–H groups in total. The monoisotopic (exact) mass is 199 g/mol. The van der Waals surface area contributed by atoms with Crippen LogP contribution < -0.4 is 5.32 Å². The molecule has 1 rings (SSSR count). The van der Waals surface area contributed by atoms with Crippen LogP contribution in [-0.2, 0) is 0 Å². The molecule has 14 heavy (non-hydrogen) atoms. The maximum absolute atomic E-state index is 3.48. The van der Waals surface area contributed by atoms with Crippen LogP contribution in [0.25, 0.3) is 0 Å². The van der Waals surface area contributed by atoms with Crippen molar-refractivity contribution in [2.45, 2.75) is 25.8 Å². The number of rotatable bonds is 5. The van der Waals surface area contributed by atoms with E-state index in [1.54, 1.807) is 0 Å². The van der Waals surface area contributed by atoms with Crippen molar-refractivity contribution in [1.29, 1.82) is 0 Å². The molecule has 0 aromatic rings. The Kier molecular flexibility index (Phi) is 5.45. The topological polar surface area (TPSA) is 18.5 Å². The average molecular weight is 199 g/mol. The molecule has 0 spiro atoms. The second-order valence-corrected chi connectivity index (χ2v) is 4.43. The second-order valence-electron chi connectivity index (χ2n) is 4.43. The molecule has 3 nitrogen and oxygen atoms in total. The predicted octanol–water partition coefficient (Wildman–Crippen LogP) is 0.622. The van der Waals surface area contributed by atoms with E-state index in [1.165, 1.54) is 45.6 Å². The molecule has 0 saturated carbocycles. The lowest BCUT2D eigenvalue weighted by atomic mass is 10.1. The zero-order chi connectivity index (χ0) is 10.4. The van der Waals surface area contributed by atoms with Crippen LogP contribution in [0.3, 0.4) is 0 Å². The zero-order valence-electron chi connectivity index (χ0n) is 9.92. The summed E-state index contributed by atoms with van der Waals surface area (Å²) < 4.78 is 0. The van der Waals surface area contributed by atoms with Gasteiger partial charge in [-0.2, -0.15) is 0 Å². The van der Waals surface area contributed by atoms with Crippen LogP contribution in [0.1, 0.15) is 19.8 Å². The summed E-state index contributed by atoms with van der Waals surface area (Å²) in [5, 5.41) is 3.48. The molecule has 3 heteroatoms. The summed E-state index contributed by atoms with van der Waals surface area (Å²) in [6, 6.07) is 0.772. The molecular weight excluding hydrogens is 174 g/mol. The van der Waals surface area contributed by atoms with Crippen molar-refractivity contribution < 1.29 is 0 Å². The Bertz CT molecular complexity index is 141. The number of nitrogens with zero attached hydrogens (tertiary/aromatic N) is 2. The number of hydrogen-bond acceptors (Lipinski definition) is 3. The van der Waals surface area contributed by atoms with Gasteiger partial charge in [0.2, 0.25) is 0 Å². The summed E-state index contributed by atoms with van der Waals surface area (Å²) in [4.78, 5) is 4.87. The molecule has 1 fully saturated rings. The maximum atomic E-state index is 3.48. The van der Waals surface area contributed by atoms with Crippen molar-refractivity contribution in [3.63, 3.8) is 0 Å². The summed E-state index contributed by atoms with van der Waals surface area (Å²) >= 11 is 0. The highest BCUT2D eigenvalue weighted by molar-refractivity contribution is 4.78. The van der Waals surface area contributed by atoms with Crippen LogP contribution in [0.5, 0.6) is 0 Å². The largest absolute Gasteiger partial charge is 0.315 e.